The van der Waals surface area contributed by atoms with Crippen molar-refractivity contribution in [1.82, 2.24) is 14.4 Å². The molecule has 0 aliphatic heterocycles. The molecule has 136 valence electrons. The van der Waals surface area contributed by atoms with E-state index in [4.69, 9.17) is 9.97 Å². The van der Waals surface area contributed by atoms with Crippen molar-refractivity contribution in [3.63, 3.8) is 0 Å². The molecule has 0 spiro atoms. The molecule has 2 aliphatic carbocycles. The van der Waals surface area contributed by atoms with Gasteiger partial charge in [-0.1, -0.05) is 20.8 Å². The molecule has 1 fully saturated rings. The number of nitrogens with zero attached hydrogens (tertiary/aromatic N) is 3. The van der Waals surface area contributed by atoms with Crippen LogP contribution in [0.1, 0.15) is 74.3 Å². The van der Waals surface area contributed by atoms with Crippen molar-refractivity contribution in [2.45, 2.75) is 64.2 Å². The van der Waals surface area contributed by atoms with E-state index in [2.05, 4.69) is 62.6 Å². The summed E-state index contributed by atoms with van der Waals surface area (Å²) in [5.74, 6) is 1.50. The lowest BCUT2D eigenvalue weighted by molar-refractivity contribution is 0.571. The standard InChI is InChI=1S/C24H25N3/c1-13-11-18-22(21-15-6-5-14(12-15)20(13)21)27-10-9-17-16(23(27)26-18)7-8-19(25-17)24(2,3)4/h7-11,14-15H,5-6,12H2,1-4H3. The van der Waals surface area contributed by atoms with Crippen molar-refractivity contribution >= 4 is 27.6 Å². The number of pyridine rings is 2. The third kappa shape index (κ3) is 1.97. The molecule has 6 rings (SSSR count). The van der Waals surface area contributed by atoms with Crippen LogP contribution >= 0.6 is 0 Å². The lowest BCUT2D eigenvalue weighted by atomic mass is 9.87. The first-order valence-corrected chi connectivity index (χ1v) is 10.2. The number of fused-ring (bicyclic) bond motifs is 11. The first-order chi connectivity index (χ1) is 12.9. The number of aryl methyl sites for hydroxylation is 1. The second-order valence-electron chi connectivity index (χ2n) is 9.60. The smallest absolute Gasteiger partial charge is 0.147 e. The largest absolute Gasteiger partial charge is 0.299 e. The molecule has 27 heavy (non-hydrogen) atoms. The SMILES string of the molecule is Cc1cc2nc3c4ccc(C(C)(C)C)nc4ccn3c2c2c1C1CCC2C1. The van der Waals surface area contributed by atoms with Gasteiger partial charge in [0.05, 0.1) is 16.6 Å². The highest BCUT2D eigenvalue weighted by Gasteiger charge is 2.40. The summed E-state index contributed by atoms with van der Waals surface area (Å²) in [4.78, 5) is 10.0. The van der Waals surface area contributed by atoms with Crippen LogP contribution in [0.5, 0.6) is 0 Å². The molecule has 2 bridgehead atoms. The Bertz CT molecular complexity index is 1260. The summed E-state index contributed by atoms with van der Waals surface area (Å²) in [5, 5.41) is 1.15. The first-order valence-electron chi connectivity index (χ1n) is 10.2. The molecule has 0 N–H and O–H groups in total. The molecular weight excluding hydrogens is 330 g/mol. The summed E-state index contributed by atoms with van der Waals surface area (Å²) in [7, 11) is 0. The van der Waals surface area contributed by atoms with Crippen LogP contribution in [0.3, 0.4) is 0 Å². The number of aromatic nitrogens is 3. The van der Waals surface area contributed by atoms with Gasteiger partial charge in [0.2, 0.25) is 0 Å². The molecule has 0 saturated heterocycles. The summed E-state index contributed by atoms with van der Waals surface area (Å²) in [6.45, 7) is 8.91. The van der Waals surface area contributed by atoms with Gasteiger partial charge >= 0.3 is 0 Å². The van der Waals surface area contributed by atoms with Crippen LogP contribution in [0.25, 0.3) is 27.6 Å². The van der Waals surface area contributed by atoms with Gasteiger partial charge in [0, 0.05) is 22.7 Å². The molecule has 2 atom stereocenters. The Morgan fingerprint density at radius 3 is 2.52 bits per heavy atom. The zero-order valence-corrected chi connectivity index (χ0v) is 16.5. The second kappa shape index (κ2) is 4.89. The lowest BCUT2D eigenvalue weighted by Crippen LogP contribution is -2.13. The van der Waals surface area contributed by atoms with Crippen molar-refractivity contribution in [3.8, 4) is 0 Å². The summed E-state index contributed by atoms with van der Waals surface area (Å²) in [5.41, 5.74) is 10.4. The second-order valence-corrected chi connectivity index (χ2v) is 9.60. The van der Waals surface area contributed by atoms with Crippen LogP contribution in [0.4, 0.5) is 0 Å². The van der Waals surface area contributed by atoms with E-state index in [0.717, 1.165) is 39.6 Å². The molecule has 3 nitrogen and oxygen atoms in total. The van der Waals surface area contributed by atoms with Crippen LogP contribution in [0.2, 0.25) is 0 Å². The van der Waals surface area contributed by atoms with Crippen molar-refractivity contribution in [1.29, 1.82) is 0 Å². The number of rotatable bonds is 0. The quantitative estimate of drug-likeness (QED) is 0.387. The molecule has 4 aromatic rings. The van der Waals surface area contributed by atoms with Crippen molar-refractivity contribution < 1.29 is 0 Å². The number of hydrogen-bond acceptors (Lipinski definition) is 2. The molecule has 3 heteroatoms. The van der Waals surface area contributed by atoms with Crippen molar-refractivity contribution in [2.75, 3.05) is 0 Å². The highest BCUT2D eigenvalue weighted by atomic mass is 15.0. The molecule has 0 amide bonds. The van der Waals surface area contributed by atoms with E-state index in [1.807, 2.05) is 0 Å². The zero-order chi connectivity index (χ0) is 18.5. The number of benzene rings is 1. The molecule has 0 radical (unpaired) electrons. The van der Waals surface area contributed by atoms with E-state index >= 15 is 0 Å². The van der Waals surface area contributed by atoms with Gasteiger partial charge in [-0.15, -0.1) is 0 Å². The van der Waals surface area contributed by atoms with Gasteiger partial charge in [0.25, 0.3) is 0 Å². The van der Waals surface area contributed by atoms with Crippen LogP contribution in [-0.2, 0) is 5.41 Å². The van der Waals surface area contributed by atoms with Crippen LogP contribution < -0.4 is 0 Å². The van der Waals surface area contributed by atoms with Gasteiger partial charge in [-0.3, -0.25) is 9.38 Å². The van der Waals surface area contributed by atoms with Gasteiger partial charge in [0.1, 0.15) is 5.65 Å². The normalized spacial score (nSPS) is 21.6. The molecule has 1 aromatic carbocycles. The Morgan fingerprint density at radius 1 is 0.963 bits per heavy atom. The predicted octanol–water partition coefficient (Wildman–Crippen LogP) is 6.01. The minimum Gasteiger partial charge on any atom is -0.299 e. The van der Waals surface area contributed by atoms with E-state index < -0.39 is 0 Å². The minimum atomic E-state index is 0.0532. The highest BCUT2D eigenvalue weighted by Crippen LogP contribution is 2.56. The van der Waals surface area contributed by atoms with E-state index in [1.54, 1.807) is 11.1 Å². The molecular formula is C24H25N3. The van der Waals surface area contributed by atoms with Gasteiger partial charge in [0.15, 0.2) is 0 Å². The number of hydrogen-bond donors (Lipinski definition) is 0. The van der Waals surface area contributed by atoms with E-state index in [0.29, 0.717) is 0 Å². The van der Waals surface area contributed by atoms with Gasteiger partial charge in [-0.2, -0.15) is 0 Å². The first kappa shape index (κ1) is 15.6. The fourth-order valence-electron chi connectivity index (χ4n) is 5.59. The monoisotopic (exact) mass is 355 g/mol. The van der Waals surface area contributed by atoms with Crippen LogP contribution in [0, 0.1) is 6.92 Å². The Hall–Kier alpha value is -2.42. The molecule has 3 heterocycles. The predicted molar refractivity (Wildman–Crippen MR) is 111 cm³/mol. The van der Waals surface area contributed by atoms with Gasteiger partial charge in [-0.05, 0) is 79.0 Å². The fourth-order valence-corrected chi connectivity index (χ4v) is 5.59. The molecule has 2 aliphatic rings. The summed E-state index contributed by atoms with van der Waals surface area (Å²) < 4.78 is 2.33. The fraction of sp³-hybridized carbons (Fsp3) is 0.417. The van der Waals surface area contributed by atoms with E-state index in [1.165, 1.54) is 30.3 Å². The average Bonchev–Trinajstić information content (AvgIpc) is 3.32. The van der Waals surface area contributed by atoms with Gasteiger partial charge in [-0.25, -0.2) is 4.98 Å². The van der Waals surface area contributed by atoms with Crippen molar-refractivity contribution in [2.24, 2.45) is 0 Å². The third-order valence-corrected chi connectivity index (χ3v) is 6.83. The molecule has 2 unspecified atom stereocenters. The van der Waals surface area contributed by atoms with Crippen LogP contribution in [0.15, 0.2) is 30.5 Å². The topological polar surface area (TPSA) is 30.2 Å². The Labute approximate surface area is 159 Å². The third-order valence-electron chi connectivity index (χ3n) is 6.83. The van der Waals surface area contributed by atoms with Crippen molar-refractivity contribution in [3.05, 3.63) is 52.8 Å². The molecule has 1 saturated carbocycles. The maximum Gasteiger partial charge on any atom is 0.147 e. The summed E-state index contributed by atoms with van der Waals surface area (Å²) in [6, 6.07) is 8.85. The minimum absolute atomic E-state index is 0.0532. The van der Waals surface area contributed by atoms with Crippen LogP contribution in [-0.4, -0.2) is 14.4 Å². The lowest BCUT2D eigenvalue weighted by Gasteiger charge is -2.19. The molecule has 3 aromatic heterocycles. The maximum absolute atomic E-state index is 5.08. The zero-order valence-electron chi connectivity index (χ0n) is 16.5. The highest BCUT2D eigenvalue weighted by molar-refractivity contribution is 5.98. The van der Waals surface area contributed by atoms with E-state index in [9.17, 15) is 0 Å². The summed E-state index contributed by atoms with van der Waals surface area (Å²) in [6.07, 6.45) is 6.23. The number of imidazole rings is 1. The summed E-state index contributed by atoms with van der Waals surface area (Å²) >= 11 is 0. The Morgan fingerprint density at radius 2 is 1.74 bits per heavy atom. The Balaban J connectivity index is 1.71. The van der Waals surface area contributed by atoms with E-state index in [-0.39, 0.29) is 5.41 Å². The Kier molecular flexibility index (Phi) is 2.83. The maximum atomic E-state index is 5.08. The average molecular weight is 355 g/mol. The van der Waals surface area contributed by atoms with Gasteiger partial charge < -0.3 is 0 Å².